The maximum atomic E-state index is 11.0. The third kappa shape index (κ3) is 5.09. The molecule has 0 radical (unpaired) electrons. The quantitative estimate of drug-likeness (QED) is 0.423. The van der Waals surface area contributed by atoms with Crippen LogP contribution in [0.4, 0.5) is 0 Å². The predicted molar refractivity (Wildman–Crippen MR) is 51.6 cm³/mol. The highest BCUT2D eigenvalue weighted by atomic mass is 79.9. The van der Waals surface area contributed by atoms with Crippen LogP contribution in [0.3, 0.4) is 0 Å². The molecule has 0 aliphatic rings. The molecule has 3 nitrogen and oxygen atoms in total. The number of hydrogen-bond acceptors (Lipinski definition) is 2. The molecule has 12 heavy (non-hydrogen) atoms. The average molecular weight is 234 g/mol. The fraction of sp³-hybridized carbons (Fsp3) is 0.375. The number of carbonyl (C=O) groups is 1. The second-order valence-corrected chi connectivity index (χ2v) is 3.38. The van der Waals surface area contributed by atoms with Crippen LogP contribution in [0, 0.1) is 0 Å². The number of amides is 1. The summed E-state index contributed by atoms with van der Waals surface area (Å²) in [6.07, 6.45) is 4.86. The van der Waals surface area contributed by atoms with E-state index in [-0.39, 0.29) is 5.91 Å². The van der Waals surface area contributed by atoms with Crippen molar-refractivity contribution in [1.29, 1.82) is 0 Å². The lowest BCUT2D eigenvalue weighted by Gasteiger charge is -2.09. The highest BCUT2D eigenvalue weighted by Crippen LogP contribution is 2.01. The molecule has 0 bridgehead atoms. The molecule has 0 aliphatic heterocycles. The molecule has 0 saturated carbocycles. The second kappa shape index (κ2) is 5.97. The van der Waals surface area contributed by atoms with Gasteiger partial charge in [-0.2, -0.15) is 0 Å². The van der Waals surface area contributed by atoms with Gasteiger partial charge in [0.2, 0.25) is 0 Å². The second-order valence-electron chi connectivity index (χ2n) is 2.13. The van der Waals surface area contributed by atoms with Crippen molar-refractivity contribution >= 4 is 21.8 Å². The topological polar surface area (TPSA) is 29.5 Å². The van der Waals surface area contributed by atoms with Crippen LogP contribution in [0.15, 0.2) is 22.7 Å². The summed E-state index contributed by atoms with van der Waals surface area (Å²) in [6, 6.07) is 0. The van der Waals surface area contributed by atoms with Gasteiger partial charge in [-0.1, -0.05) is 28.1 Å². The van der Waals surface area contributed by atoms with Crippen molar-refractivity contribution in [1.82, 2.24) is 5.06 Å². The molecule has 0 N–H and O–H groups in total. The summed E-state index contributed by atoms with van der Waals surface area (Å²) < 4.78 is 0.964. The van der Waals surface area contributed by atoms with Gasteiger partial charge in [-0.3, -0.25) is 9.63 Å². The Morgan fingerprint density at radius 2 is 2.17 bits per heavy atom. The van der Waals surface area contributed by atoms with Crippen molar-refractivity contribution in [3.8, 4) is 0 Å². The van der Waals surface area contributed by atoms with Gasteiger partial charge in [0.15, 0.2) is 0 Å². The predicted octanol–water partition coefficient (Wildman–Crippen LogP) is 1.86. The maximum Gasteiger partial charge on any atom is 0.269 e. The first-order valence-corrected chi connectivity index (χ1v) is 4.19. The minimum atomic E-state index is -0.192. The average Bonchev–Trinajstić information content (AvgIpc) is 2.02. The zero-order valence-electron chi connectivity index (χ0n) is 7.37. The van der Waals surface area contributed by atoms with Crippen molar-refractivity contribution in [2.45, 2.75) is 6.92 Å². The van der Waals surface area contributed by atoms with Crippen LogP contribution in [0.5, 0.6) is 0 Å². The van der Waals surface area contributed by atoms with E-state index >= 15 is 0 Å². The number of hydroxylamine groups is 2. The number of carbonyl (C=O) groups excluding carboxylic acids is 1. The SMILES string of the molecule is CON(C)C(=O)/C=C/C=C(\C)Br. The summed E-state index contributed by atoms with van der Waals surface area (Å²) in [5.74, 6) is -0.192. The molecule has 0 fully saturated rings. The van der Waals surface area contributed by atoms with Crippen LogP contribution in [0.1, 0.15) is 6.92 Å². The van der Waals surface area contributed by atoms with E-state index in [0.717, 1.165) is 9.55 Å². The van der Waals surface area contributed by atoms with E-state index in [4.69, 9.17) is 0 Å². The van der Waals surface area contributed by atoms with E-state index in [0.29, 0.717) is 0 Å². The summed E-state index contributed by atoms with van der Waals surface area (Å²) in [5, 5.41) is 1.15. The monoisotopic (exact) mass is 233 g/mol. The minimum absolute atomic E-state index is 0.192. The lowest BCUT2D eigenvalue weighted by molar-refractivity contribution is -0.162. The molecular weight excluding hydrogens is 222 g/mol. The van der Waals surface area contributed by atoms with Gasteiger partial charge in [0.05, 0.1) is 7.11 Å². The van der Waals surface area contributed by atoms with Crippen molar-refractivity contribution < 1.29 is 9.63 Å². The summed E-state index contributed by atoms with van der Waals surface area (Å²) in [7, 11) is 2.99. The van der Waals surface area contributed by atoms with Gasteiger partial charge >= 0.3 is 0 Å². The molecule has 1 amide bonds. The zero-order valence-corrected chi connectivity index (χ0v) is 8.96. The van der Waals surface area contributed by atoms with Gasteiger partial charge in [0, 0.05) is 13.1 Å². The fourth-order valence-corrected chi connectivity index (χ4v) is 0.611. The van der Waals surface area contributed by atoms with E-state index in [1.54, 1.807) is 19.2 Å². The fourth-order valence-electron chi connectivity index (χ4n) is 0.458. The number of nitrogens with zero attached hydrogens (tertiary/aromatic N) is 1. The lowest BCUT2D eigenvalue weighted by Crippen LogP contribution is -2.22. The van der Waals surface area contributed by atoms with Crippen molar-refractivity contribution in [3.05, 3.63) is 22.7 Å². The molecule has 0 aromatic heterocycles. The van der Waals surface area contributed by atoms with Gasteiger partial charge in [-0.05, 0) is 11.4 Å². The van der Waals surface area contributed by atoms with Crippen LogP contribution >= 0.6 is 15.9 Å². The van der Waals surface area contributed by atoms with Crippen LogP contribution in [0.2, 0.25) is 0 Å². The third-order valence-corrected chi connectivity index (χ3v) is 1.41. The Morgan fingerprint density at radius 3 is 2.58 bits per heavy atom. The summed E-state index contributed by atoms with van der Waals surface area (Å²) in [6.45, 7) is 1.88. The highest BCUT2D eigenvalue weighted by molar-refractivity contribution is 9.11. The Morgan fingerprint density at radius 1 is 1.58 bits per heavy atom. The molecule has 4 heteroatoms. The molecular formula is C8H12BrNO2. The first-order chi connectivity index (χ1) is 5.57. The number of halogens is 1. The lowest BCUT2D eigenvalue weighted by atomic mass is 10.4. The number of allylic oxidation sites excluding steroid dienone is 3. The standard InChI is InChI=1S/C8H12BrNO2/c1-7(9)5-4-6-8(11)10(2)12-3/h4-6H,1-3H3/b6-4+,7-5+. The van der Waals surface area contributed by atoms with Crippen LogP contribution < -0.4 is 0 Å². The Balaban J connectivity index is 4.00. The van der Waals surface area contributed by atoms with Gasteiger partial charge in [-0.15, -0.1) is 0 Å². The molecule has 0 aliphatic carbocycles. The molecule has 0 heterocycles. The number of hydrogen-bond donors (Lipinski definition) is 0. The Labute approximate surface area is 80.8 Å². The maximum absolute atomic E-state index is 11.0. The van der Waals surface area contributed by atoms with Crippen molar-refractivity contribution in [2.75, 3.05) is 14.2 Å². The zero-order chi connectivity index (χ0) is 9.56. The highest BCUT2D eigenvalue weighted by Gasteiger charge is 2.00. The van der Waals surface area contributed by atoms with Gasteiger partial charge in [-0.25, -0.2) is 5.06 Å². The minimum Gasteiger partial charge on any atom is -0.274 e. The van der Waals surface area contributed by atoms with Crippen molar-refractivity contribution in [3.63, 3.8) is 0 Å². The number of rotatable bonds is 3. The van der Waals surface area contributed by atoms with Crippen LogP contribution in [-0.2, 0) is 9.63 Å². The van der Waals surface area contributed by atoms with E-state index in [1.165, 1.54) is 13.2 Å². The molecule has 0 aromatic rings. The first kappa shape index (κ1) is 11.4. The van der Waals surface area contributed by atoms with Gasteiger partial charge in [0.25, 0.3) is 5.91 Å². The van der Waals surface area contributed by atoms with E-state index < -0.39 is 0 Å². The van der Waals surface area contributed by atoms with Crippen LogP contribution in [-0.4, -0.2) is 25.1 Å². The Kier molecular flexibility index (Phi) is 5.66. The Bertz CT molecular complexity index is 207. The molecule has 0 atom stereocenters. The van der Waals surface area contributed by atoms with E-state index in [1.807, 2.05) is 6.92 Å². The molecule has 0 aromatic carbocycles. The number of likely N-dealkylation sites (N-methyl/N-ethyl adjacent to an activating group) is 1. The first-order valence-electron chi connectivity index (χ1n) is 3.40. The van der Waals surface area contributed by atoms with Crippen LogP contribution in [0.25, 0.3) is 0 Å². The third-order valence-electron chi connectivity index (χ3n) is 1.15. The van der Waals surface area contributed by atoms with Gasteiger partial charge < -0.3 is 0 Å². The normalized spacial score (nSPS) is 12.2. The summed E-state index contributed by atoms with van der Waals surface area (Å²) >= 11 is 3.23. The summed E-state index contributed by atoms with van der Waals surface area (Å²) in [5.41, 5.74) is 0. The molecule has 0 unspecified atom stereocenters. The summed E-state index contributed by atoms with van der Waals surface area (Å²) in [4.78, 5) is 15.7. The molecule has 0 saturated heterocycles. The Hall–Kier alpha value is -0.610. The molecule has 68 valence electrons. The van der Waals surface area contributed by atoms with Crippen molar-refractivity contribution in [2.24, 2.45) is 0 Å². The molecule has 0 spiro atoms. The largest absolute Gasteiger partial charge is 0.274 e. The smallest absolute Gasteiger partial charge is 0.269 e. The van der Waals surface area contributed by atoms with Gasteiger partial charge in [0.1, 0.15) is 0 Å². The van der Waals surface area contributed by atoms with E-state index in [9.17, 15) is 4.79 Å². The molecule has 0 rings (SSSR count). The van der Waals surface area contributed by atoms with E-state index in [2.05, 4.69) is 20.8 Å².